The first-order valence-electron chi connectivity index (χ1n) is 8.41. The number of ether oxygens (including phenoxy) is 3. The standard InChI is InChI=1S/C18H25N3O4S/c1-4-8-24-16-7-6-14(12-20-16)13-21-17(26-3)15(11-19)18(22)25-10-9-23-5-2/h6-7,12,21H,4-5,8-10,13H2,1-3H3/b17-15+. The topological polar surface area (TPSA) is 93.5 Å². The van der Waals surface area contributed by atoms with Crippen LogP contribution in [0.2, 0.25) is 0 Å². The van der Waals surface area contributed by atoms with E-state index in [1.165, 1.54) is 11.8 Å². The van der Waals surface area contributed by atoms with Crippen molar-refractivity contribution in [2.45, 2.75) is 26.8 Å². The lowest BCUT2D eigenvalue weighted by molar-refractivity contribution is -0.140. The molecule has 0 fully saturated rings. The second-order valence-electron chi connectivity index (χ2n) is 5.06. The first-order valence-corrected chi connectivity index (χ1v) is 9.63. The van der Waals surface area contributed by atoms with Gasteiger partial charge in [0.05, 0.1) is 18.2 Å². The Morgan fingerprint density at radius 3 is 2.69 bits per heavy atom. The van der Waals surface area contributed by atoms with E-state index in [0.29, 0.717) is 37.3 Å². The Labute approximate surface area is 158 Å². The third-order valence-electron chi connectivity index (χ3n) is 3.12. The van der Waals surface area contributed by atoms with Crippen LogP contribution in [0, 0.1) is 11.3 Å². The Bertz CT molecular complexity index is 626. The molecule has 0 unspecified atom stereocenters. The molecule has 0 saturated carbocycles. The maximum atomic E-state index is 12.1. The van der Waals surface area contributed by atoms with Crippen molar-refractivity contribution in [1.82, 2.24) is 10.3 Å². The van der Waals surface area contributed by atoms with Crippen LogP contribution < -0.4 is 10.1 Å². The van der Waals surface area contributed by atoms with E-state index in [2.05, 4.69) is 10.3 Å². The van der Waals surface area contributed by atoms with Crippen molar-refractivity contribution >= 4 is 17.7 Å². The fourth-order valence-corrected chi connectivity index (χ4v) is 2.40. The zero-order valence-electron chi connectivity index (χ0n) is 15.4. The highest BCUT2D eigenvalue weighted by Gasteiger charge is 2.16. The molecule has 0 spiro atoms. The summed E-state index contributed by atoms with van der Waals surface area (Å²) in [6.07, 6.45) is 4.40. The predicted octanol–water partition coefficient (Wildman–Crippen LogP) is 2.64. The Morgan fingerprint density at radius 2 is 2.12 bits per heavy atom. The van der Waals surface area contributed by atoms with Crippen LogP contribution in [-0.4, -0.2) is 43.6 Å². The van der Waals surface area contributed by atoms with Crippen molar-refractivity contribution in [3.8, 4) is 11.9 Å². The largest absolute Gasteiger partial charge is 0.478 e. The lowest BCUT2D eigenvalue weighted by atomic mass is 10.2. The van der Waals surface area contributed by atoms with Gasteiger partial charge in [0.1, 0.15) is 12.7 Å². The summed E-state index contributed by atoms with van der Waals surface area (Å²) in [6.45, 7) is 5.91. The molecular weight excluding hydrogens is 354 g/mol. The van der Waals surface area contributed by atoms with Gasteiger partial charge in [-0.05, 0) is 25.2 Å². The molecule has 0 aliphatic carbocycles. The molecule has 0 bridgehead atoms. The highest BCUT2D eigenvalue weighted by molar-refractivity contribution is 8.02. The maximum absolute atomic E-state index is 12.1. The molecule has 0 aliphatic rings. The minimum absolute atomic E-state index is 0.0511. The van der Waals surface area contributed by atoms with Crippen molar-refractivity contribution in [3.05, 3.63) is 34.5 Å². The summed E-state index contributed by atoms with van der Waals surface area (Å²) in [5.41, 5.74) is 0.854. The smallest absolute Gasteiger partial charge is 0.351 e. The van der Waals surface area contributed by atoms with Gasteiger partial charge in [0.15, 0.2) is 5.57 Å². The third-order valence-corrected chi connectivity index (χ3v) is 3.87. The quantitative estimate of drug-likeness (QED) is 0.256. The fourth-order valence-electron chi connectivity index (χ4n) is 1.85. The number of carbonyl (C=O) groups is 1. The molecule has 1 rings (SSSR count). The van der Waals surface area contributed by atoms with Crippen molar-refractivity contribution in [2.24, 2.45) is 0 Å². The molecule has 0 saturated heterocycles. The maximum Gasteiger partial charge on any atom is 0.351 e. The first kappa shape index (κ1) is 21.8. The number of nitrogens with zero attached hydrogens (tertiary/aromatic N) is 2. The van der Waals surface area contributed by atoms with Gasteiger partial charge in [0, 0.05) is 25.4 Å². The molecule has 1 N–H and O–H groups in total. The number of aromatic nitrogens is 1. The number of esters is 1. The van der Waals surface area contributed by atoms with Crippen molar-refractivity contribution < 1.29 is 19.0 Å². The molecule has 0 aromatic carbocycles. The number of thioether (sulfide) groups is 1. The van der Waals surface area contributed by atoms with Crippen molar-refractivity contribution in [1.29, 1.82) is 5.26 Å². The van der Waals surface area contributed by atoms with Crippen LogP contribution in [0.25, 0.3) is 0 Å². The van der Waals surface area contributed by atoms with E-state index >= 15 is 0 Å². The zero-order chi connectivity index (χ0) is 19.2. The van der Waals surface area contributed by atoms with Gasteiger partial charge in [-0.15, -0.1) is 11.8 Å². The minimum atomic E-state index is -0.662. The molecule has 7 nitrogen and oxygen atoms in total. The van der Waals surface area contributed by atoms with Crippen LogP contribution in [0.1, 0.15) is 25.8 Å². The molecule has 8 heteroatoms. The monoisotopic (exact) mass is 379 g/mol. The highest BCUT2D eigenvalue weighted by atomic mass is 32.2. The molecule has 26 heavy (non-hydrogen) atoms. The number of pyridine rings is 1. The van der Waals surface area contributed by atoms with Crippen LogP contribution in [0.5, 0.6) is 5.88 Å². The van der Waals surface area contributed by atoms with Gasteiger partial charge in [0.25, 0.3) is 0 Å². The average Bonchev–Trinajstić information content (AvgIpc) is 2.67. The lowest BCUT2D eigenvalue weighted by Crippen LogP contribution is -2.19. The summed E-state index contributed by atoms with van der Waals surface area (Å²) in [5, 5.41) is 12.8. The fraction of sp³-hybridized carbons (Fsp3) is 0.500. The molecule has 1 aromatic heterocycles. The molecule has 0 atom stereocenters. The molecule has 1 heterocycles. The SMILES string of the molecule is CCCOc1ccc(CN/C(SC)=C(/C#N)C(=O)OCCOCC)cn1. The molecule has 1 aromatic rings. The number of rotatable bonds is 12. The highest BCUT2D eigenvalue weighted by Crippen LogP contribution is 2.16. The van der Waals surface area contributed by atoms with Crippen LogP contribution in [-0.2, 0) is 20.8 Å². The molecule has 142 valence electrons. The number of carbonyl (C=O) groups excluding carboxylic acids is 1. The number of hydrogen-bond acceptors (Lipinski definition) is 8. The van der Waals surface area contributed by atoms with Gasteiger partial charge in [-0.25, -0.2) is 9.78 Å². The van der Waals surface area contributed by atoms with Crippen LogP contribution >= 0.6 is 11.8 Å². The van der Waals surface area contributed by atoms with E-state index in [9.17, 15) is 10.1 Å². The van der Waals surface area contributed by atoms with Crippen LogP contribution in [0.4, 0.5) is 0 Å². The number of hydrogen-bond donors (Lipinski definition) is 1. The lowest BCUT2D eigenvalue weighted by Gasteiger charge is -2.11. The summed E-state index contributed by atoms with van der Waals surface area (Å²) in [7, 11) is 0. The van der Waals surface area contributed by atoms with Gasteiger partial charge in [-0.2, -0.15) is 5.26 Å². The van der Waals surface area contributed by atoms with E-state index in [0.717, 1.165) is 12.0 Å². The molecular formula is C18H25N3O4S. The van der Waals surface area contributed by atoms with Gasteiger partial charge in [0.2, 0.25) is 5.88 Å². The van der Waals surface area contributed by atoms with Gasteiger partial charge < -0.3 is 19.5 Å². The molecule has 0 aliphatic heterocycles. The second-order valence-corrected chi connectivity index (χ2v) is 5.88. The predicted molar refractivity (Wildman–Crippen MR) is 100 cm³/mol. The van der Waals surface area contributed by atoms with E-state index < -0.39 is 5.97 Å². The van der Waals surface area contributed by atoms with E-state index in [4.69, 9.17) is 14.2 Å². The van der Waals surface area contributed by atoms with Crippen molar-refractivity contribution in [2.75, 3.05) is 32.7 Å². The Balaban J connectivity index is 2.65. The van der Waals surface area contributed by atoms with E-state index in [1.807, 2.05) is 26.0 Å². The number of nitriles is 1. The Morgan fingerprint density at radius 1 is 1.31 bits per heavy atom. The molecule has 0 amide bonds. The second kappa shape index (κ2) is 13.0. The van der Waals surface area contributed by atoms with Gasteiger partial charge in [-0.1, -0.05) is 13.0 Å². The van der Waals surface area contributed by atoms with Crippen LogP contribution in [0.15, 0.2) is 28.9 Å². The summed E-state index contributed by atoms with van der Waals surface area (Å²) < 4.78 is 15.6. The normalized spacial score (nSPS) is 11.3. The zero-order valence-corrected chi connectivity index (χ0v) is 16.2. The molecule has 0 radical (unpaired) electrons. The average molecular weight is 379 g/mol. The van der Waals surface area contributed by atoms with Gasteiger partial charge in [-0.3, -0.25) is 0 Å². The van der Waals surface area contributed by atoms with Crippen molar-refractivity contribution in [3.63, 3.8) is 0 Å². The Kier molecular flexibility index (Phi) is 10.9. The van der Waals surface area contributed by atoms with Crippen LogP contribution in [0.3, 0.4) is 0 Å². The third kappa shape index (κ3) is 7.76. The van der Waals surface area contributed by atoms with E-state index in [1.54, 1.807) is 18.5 Å². The Hall–Kier alpha value is -2.24. The minimum Gasteiger partial charge on any atom is -0.478 e. The van der Waals surface area contributed by atoms with E-state index in [-0.39, 0.29) is 12.2 Å². The summed E-state index contributed by atoms with van der Waals surface area (Å²) in [5.74, 6) is -0.0858. The summed E-state index contributed by atoms with van der Waals surface area (Å²) in [6, 6.07) is 5.59. The summed E-state index contributed by atoms with van der Waals surface area (Å²) in [4.78, 5) is 16.3. The van der Waals surface area contributed by atoms with Gasteiger partial charge >= 0.3 is 5.97 Å². The number of nitrogens with one attached hydrogen (secondary N) is 1. The summed E-state index contributed by atoms with van der Waals surface area (Å²) >= 11 is 1.28. The first-order chi connectivity index (χ1) is 12.7.